The van der Waals surface area contributed by atoms with E-state index in [0.717, 1.165) is 24.1 Å². The number of aliphatic hydroxyl groups is 1. The number of pyridine rings is 1. The molecular weight excluding hydrogens is 266 g/mol. The Morgan fingerprint density at radius 2 is 2.10 bits per heavy atom. The van der Waals surface area contributed by atoms with E-state index >= 15 is 0 Å². The number of benzene rings is 1. The van der Waals surface area contributed by atoms with E-state index in [1.807, 2.05) is 30.3 Å². The zero-order chi connectivity index (χ0) is 14.7. The number of aliphatic hydroxyl groups excluding tert-OH is 1. The summed E-state index contributed by atoms with van der Waals surface area (Å²) in [6.45, 7) is -0.128. The summed E-state index contributed by atoms with van der Waals surface area (Å²) in [7, 11) is 0. The van der Waals surface area contributed by atoms with Crippen molar-refractivity contribution >= 4 is 5.97 Å². The monoisotopic (exact) mass is 283 g/mol. The van der Waals surface area contributed by atoms with Crippen LogP contribution in [0.5, 0.6) is 0 Å². The molecular formula is C17H17NO3. The first-order chi connectivity index (χ1) is 10.3. The van der Waals surface area contributed by atoms with Gasteiger partial charge in [-0.1, -0.05) is 24.3 Å². The molecule has 1 aromatic carbocycles. The molecule has 1 saturated heterocycles. The predicted octanol–water partition coefficient (Wildman–Crippen LogP) is 2.22. The second-order valence-electron chi connectivity index (χ2n) is 5.22. The molecule has 1 aliphatic rings. The number of rotatable bonds is 5. The molecule has 1 aromatic heterocycles. The molecule has 3 rings (SSSR count). The zero-order valence-corrected chi connectivity index (χ0v) is 11.6. The first-order valence-electron chi connectivity index (χ1n) is 7.09. The smallest absolute Gasteiger partial charge is 0.315 e. The van der Waals surface area contributed by atoms with Gasteiger partial charge in [-0.2, -0.15) is 0 Å². The quantitative estimate of drug-likeness (QED) is 0.855. The molecule has 0 radical (unpaired) electrons. The van der Waals surface area contributed by atoms with Crippen LogP contribution in [0.3, 0.4) is 0 Å². The highest BCUT2D eigenvalue weighted by Gasteiger charge is 2.41. The number of carbonyl (C=O) groups is 1. The van der Waals surface area contributed by atoms with Gasteiger partial charge in [0.15, 0.2) is 0 Å². The fourth-order valence-electron chi connectivity index (χ4n) is 2.58. The van der Waals surface area contributed by atoms with Crippen LogP contribution in [0, 0.1) is 5.92 Å². The molecule has 1 fully saturated rings. The van der Waals surface area contributed by atoms with E-state index in [-0.39, 0.29) is 24.6 Å². The van der Waals surface area contributed by atoms with Gasteiger partial charge in [-0.15, -0.1) is 0 Å². The third-order valence-electron chi connectivity index (χ3n) is 3.82. The number of carbonyl (C=O) groups excluding carboxylic acids is 1. The molecule has 2 atom stereocenters. The van der Waals surface area contributed by atoms with Gasteiger partial charge in [0.05, 0.1) is 12.3 Å². The summed E-state index contributed by atoms with van der Waals surface area (Å²) in [6, 6.07) is 14.1. The fourth-order valence-corrected chi connectivity index (χ4v) is 2.58. The molecule has 0 amide bonds. The highest BCUT2D eigenvalue weighted by Crippen LogP contribution is 2.26. The van der Waals surface area contributed by atoms with E-state index in [4.69, 9.17) is 9.84 Å². The molecule has 108 valence electrons. The van der Waals surface area contributed by atoms with Crippen molar-refractivity contribution in [1.82, 2.24) is 4.98 Å². The lowest BCUT2D eigenvalue weighted by atomic mass is 9.92. The van der Waals surface area contributed by atoms with Crippen molar-refractivity contribution in [3.63, 3.8) is 0 Å². The van der Waals surface area contributed by atoms with Crippen LogP contribution in [0.25, 0.3) is 11.3 Å². The van der Waals surface area contributed by atoms with Gasteiger partial charge >= 0.3 is 5.97 Å². The number of hydrogen-bond donors (Lipinski definition) is 1. The van der Waals surface area contributed by atoms with Gasteiger partial charge in [0.2, 0.25) is 0 Å². The van der Waals surface area contributed by atoms with Gasteiger partial charge in [-0.25, -0.2) is 0 Å². The summed E-state index contributed by atoms with van der Waals surface area (Å²) in [5, 5.41) is 9.11. The average Bonchev–Trinajstić information content (AvgIpc) is 2.53. The summed E-state index contributed by atoms with van der Waals surface area (Å²) in [4.78, 5) is 15.5. The molecule has 1 N–H and O–H groups in total. The number of cyclic esters (lactones) is 1. The molecule has 4 heteroatoms. The predicted molar refractivity (Wildman–Crippen MR) is 78.4 cm³/mol. The second-order valence-corrected chi connectivity index (χ2v) is 5.22. The third kappa shape index (κ3) is 2.95. The van der Waals surface area contributed by atoms with E-state index < -0.39 is 0 Å². The summed E-state index contributed by atoms with van der Waals surface area (Å²) in [5.41, 5.74) is 3.21. The Bertz CT molecular complexity index is 627. The van der Waals surface area contributed by atoms with Crippen molar-refractivity contribution in [1.29, 1.82) is 0 Å². The number of nitrogens with zero attached hydrogens (tertiary/aromatic N) is 1. The van der Waals surface area contributed by atoms with Crippen LogP contribution >= 0.6 is 0 Å². The minimum atomic E-state index is -0.344. The van der Waals surface area contributed by atoms with Crippen molar-refractivity contribution in [2.75, 3.05) is 6.61 Å². The first kappa shape index (κ1) is 13.8. The maximum absolute atomic E-state index is 11.1. The van der Waals surface area contributed by atoms with Crippen LogP contribution in [-0.4, -0.2) is 28.8 Å². The Labute approximate surface area is 123 Å². The van der Waals surface area contributed by atoms with Crippen LogP contribution < -0.4 is 0 Å². The average molecular weight is 283 g/mol. The topological polar surface area (TPSA) is 59.4 Å². The van der Waals surface area contributed by atoms with Gasteiger partial charge in [-0.05, 0) is 36.6 Å². The van der Waals surface area contributed by atoms with E-state index in [1.165, 1.54) is 5.56 Å². The standard InChI is InChI=1S/C17H17NO3/c19-11-14-16(21-17(14)20)8-7-12-4-3-5-13(10-12)15-6-1-2-9-18-15/h1-6,9-10,14,16,19H,7-8,11H2/t14-,16-/m1/s1. The molecule has 1 aliphatic heterocycles. The molecule has 21 heavy (non-hydrogen) atoms. The highest BCUT2D eigenvalue weighted by molar-refractivity contribution is 5.78. The van der Waals surface area contributed by atoms with Crippen molar-refractivity contribution in [3.05, 3.63) is 54.2 Å². The summed E-state index contributed by atoms with van der Waals surface area (Å²) < 4.78 is 5.07. The highest BCUT2D eigenvalue weighted by atomic mass is 16.6. The lowest BCUT2D eigenvalue weighted by molar-refractivity contribution is -0.188. The van der Waals surface area contributed by atoms with Gasteiger partial charge in [0.1, 0.15) is 12.0 Å². The van der Waals surface area contributed by atoms with Crippen LogP contribution in [0.15, 0.2) is 48.7 Å². The molecule has 0 saturated carbocycles. The molecule has 2 aromatic rings. The minimum absolute atomic E-state index is 0.128. The van der Waals surface area contributed by atoms with Crippen molar-refractivity contribution in [3.8, 4) is 11.3 Å². The Morgan fingerprint density at radius 3 is 2.81 bits per heavy atom. The van der Waals surface area contributed by atoms with Gasteiger partial charge < -0.3 is 9.84 Å². The lowest BCUT2D eigenvalue weighted by Gasteiger charge is -2.33. The lowest BCUT2D eigenvalue weighted by Crippen LogP contribution is -2.47. The van der Waals surface area contributed by atoms with Crippen molar-refractivity contribution in [2.45, 2.75) is 18.9 Å². The molecule has 0 unspecified atom stereocenters. The van der Waals surface area contributed by atoms with Crippen LogP contribution in [-0.2, 0) is 16.0 Å². The van der Waals surface area contributed by atoms with Crippen LogP contribution in [0.1, 0.15) is 12.0 Å². The van der Waals surface area contributed by atoms with E-state index in [2.05, 4.69) is 17.1 Å². The molecule has 0 spiro atoms. The normalized spacial score (nSPS) is 20.7. The second kappa shape index (κ2) is 6.06. The number of ether oxygens (including phenoxy) is 1. The fraction of sp³-hybridized carbons (Fsp3) is 0.294. The number of hydrogen-bond acceptors (Lipinski definition) is 4. The number of aryl methyl sites for hydroxylation is 1. The Kier molecular flexibility index (Phi) is 3.97. The summed E-state index contributed by atoms with van der Waals surface area (Å²) >= 11 is 0. The van der Waals surface area contributed by atoms with Crippen molar-refractivity contribution < 1.29 is 14.6 Å². The largest absolute Gasteiger partial charge is 0.461 e. The van der Waals surface area contributed by atoms with Gasteiger partial charge in [0, 0.05) is 11.8 Å². The van der Waals surface area contributed by atoms with Gasteiger partial charge in [0.25, 0.3) is 0 Å². The number of esters is 1. The minimum Gasteiger partial charge on any atom is -0.461 e. The molecule has 0 aliphatic carbocycles. The first-order valence-corrected chi connectivity index (χ1v) is 7.09. The van der Waals surface area contributed by atoms with Crippen LogP contribution in [0.4, 0.5) is 0 Å². The molecule has 2 heterocycles. The SMILES string of the molecule is O=C1O[C@H](CCc2cccc(-c3ccccn3)c2)[C@H]1CO. The Balaban J connectivity index is 1.66. The van der Waals surface area contributed by atoms with Gasteiger partial charge in [-0.3, -0.25) is 9.78 Å². The summed E-state index contributed by atoms with van der Waals surface area (Å²) in [5.74, 6) is -0.631. The van der Waals surface area contributed by atoms with E-state index in [9.17, 15) is 4.79 Å². The maximum atomic E-state index is 11.1. The number of aromatic nitrogens is 1. The van der Waals surface area contributed by atoms with E-state index in [0.29, 0.717) is 0 Å². The maximum Gasteiger partial charge on any atom is 0.315 e. The molecule has 4 nitrogen and oxygen atoms in total. The van der Waals surface area contributed by atoms with Crippen LogP contribution in [0.2, 0.25) is 0 Å². The Morgan fingerprint density at radius 1 is 1.19 bits per heavy atom. The zero-order valence-electron chi connectivity index (χ0n) is 11.6. The van der Waals surface area contributed by atoms with Crippen molar-refractivity contribution in [2.24, 2.45) is 5.92 Å². The molecule has 0 bridgehead atoms. The third-order valence-corrected chi connectivity index (χ3v) is 3.82. The summed E-state index contributed by atoms with van der Waals surface area (Å²) in [6.07, 6.45) is 3.18. The Hall–Kier alpha value is -2.20. The van der Waals surface area contributed by atoms with E-state index in [1.54, 1.807) is 6.20 Å².